The van der Waals surface area contributed by atoms with Crippen molar-refractivity contribution in [2.45, 2.75) is 12.5 Å². The van der Waals surface area contributed by atoms with Gasteiger partial charge in [0.05, 0.1) is 19.6 Å². The number of amides is 2. The first-order valence-electron chi connectivity index (χ1n) is 8.79. The predicted molar refractivity (Wildman–Crippen MR) is 110 cm³/mol. The first-order valence-corrected chi connectivity index (χ1v) is 8.79. The summed E-state index contributed by atoms with van der Waals surface area (Å²) in [6, 6.07) is 7.17. The van der Waals surface area contributed by atoms with Crippen LogP contribution in [-0.2, 0) is 20.7 Å². The van der Waals surface area contributed by atoms with Crippen molar-refractivity contribution in [3.8, 4) is 0 Å². The minimum absolute atomic E-state index is 0. The lowest BCUT2D eigenvalue weighted by molar-refractivity contribution is -0.132. The van der Waals surface area contributed by atoms with Crippen molar-refractivity contribution < 1.29 is 14.3 Å². The highest BCUT2D eigenvalue weighted by Crippen LogP contribution is 2.13. The average Bonchev–Trinajstić information content (AvgIpc) is 2.63. The van der Waals surface area contributed by atoms with E-state index in [-0.39, 0.29) is 42.7 Å². The Balaban J connectivity index is 0.00000182. The number of benzene rings is 1. The zero-order valence-corrected chi connectivity index (χ0v) is 17.1. The van der Waals surface area contributed by atoms with Gasteiger partial charge in [-0.1, -0.05) is 12.1 Å². The number of likely N-dealkylation sites (N-methyl/N-ethyl adjacent to an activating group) is 1. The lowest BCUT2D eigenvalue weighted by Gasteiger charge is -2.32. The van der Waals surface area contributed by atoms with E-state index in [1.807, 2.05) is 29.2 Å². The molecule has 0 bridgehead atoms. The third kappa shape index (κ3) is 6.93. The summed E-state index contributed by atoms with van der Waals surface area (Å²) >= 11 is 0. The van der Waals surface area contributed by atoms with Crippen LogP contribution in [0.1, 0.15) is 5.56 Å². The van der Waals surface area contributed by atoms with E-state index in [2.05, 4.69) is 22.6 Å². The molecule has 7 nitrogen and oxygen atoms in total. The van der Waals surface area contributed by atoms with Gasteiger partial charge in [-0.05, 0) is 24.7 Å². The van der Waals surface area contributed by atoms with Crippen molar-refractivity contribution in [2.75, 3.05) is 58.3 Å². The van der Waals surface area contributed by atoms with E-state index in [4.69, 9.17) is 4.74 Å². The maximum Gasteiger partial charge on any atom is 0.243 e. The smallest absolute Gasteiger partial charge is 0.243 e. The fraction of sp³-hybridized carbons (Fsp3) is 0.556. The van der Waals surface area contributed by atoms with E-state index in [1.54, 1.807) is 0 Å². The van der Waals surface area contributed by atoms with Gasteiger partial charge < -0.3 is 25.2 Å². The second-order valence-electron chi connectivity index (χ2n) is 6.63. The van der Waals surface area contributed by atoms with Crippen LogP contribution in [0.5, 0.6) is 0 Å². The van der Waals surface area contributed by atoms with Gasteiger partial charge in [0.25, 0.3) is 0 Å². The number of hydrogen-bond donors (Lipinski definition) is 2. The quantitative estimate of drug-likeness (QED) is 0.755. The topological polar surface area (TPSA) is 73.9 Å². The van der Waals surface area contributed by atoms with E-state index in [9.17, 15) is 9.59 Å². The van der Waals surface area contributed by atoms with E-state index in [1.165, 1.54) is 0 Å². The Morgan fingerprint density at radius 3 is 2.63 bits per heavy atom. The number of morpholine rings is 1. The molecule has 0 saturated carbocycles. The molecule has 152 valence electrons. The molecular weight excluding hydrogens is 391 g/mol. The van der Waals surface area contributed by atoms with Crippen LogP contribution in [0.15, 0.2) is 24.3 Å². The number of rotatable bonds is 4. The molecule has 0 spiro atoms. The molecule has 0 aromatic heterocycles. The van der Waals surface area contributed by atoms with Gasteiger partial charge in [-0.3, -0.25) is 9.59 Å². The molecule has 0 radical (unpaired) electrons. The normalized spacial score (nSPS) is 20.2. The molecule has 2 N–H and O–H groups in total. The maximum absolute atomic E-state index is 12.4. The van der Waals surface area contributed by atoms with Crippen LogP contribution in [-0.4, -0.2) is 80.6 Å². The van der Waals surface area contributed by atoms with Crippen molar-refractivity contribution in [3.63, 3.8) is 0 Å². The number of hydrogen-bond acceptors (Lipinski definition) is 5. The number of nitrogens with zero attached hydrogens (tertiary/aromatic N) is 2. The monoisotopic (exact) mass is 418 g/mol. The zero-order valence-electron chi connectivity index (χ0n) is 15.5. The first-order chi connectivity index (χ1) is 12.1. The number of piperazine rings is 1. The van der Waals surface area contributed by atoms with Crippen LogP contribution in [0.2, 0.25) is 0 Å². The Kier molecular flexibility index (Phi) is 10.0. The highest BCUT2D eigenvalue weighted by Gasteiger charge is 2.22. The molecule has 2 aliphatic rings. The summed E-state index contributed by atoms with van der Waals surface area (Å²) in [7, 11) is 2.07. The van der Waals surface area contributed by atoms with E-state index >= 15 is 0 Å². The standard InChI is InChI=1S/C18H26N4O3.2ClH/c1-21-6-8-22(9-7-21)17(23)12-14-3-2-4-15(11-14)20-18(24)16-13-25-10-5-19-16;;/h2-4,11,16,19H,5-10,12-13H2,1H3,(H,20,24);2*1H. The molecule has 1 aromatic rings. The fourth-order valence-corrected chi connectivity index (χ4v) is 3.06. The number of halogens is 2. The SMILES string of the molecule is CN1CCN(C(=O)Cc2cccc(NC(=O)C3COCCN3)c2)CC1.Cl.Cl. The summed E-state index contributed by atoms with van der Waals surface area (Å²) in [5.74, 6) is 0.0289. The summed E-state index contributed by atoms with van der Waals surface area (Å²) in [4.78, 5) is 28.8. The van der Waals surface area contributed by atoms with E-state index < -0.39 is 0 Å². The Labute approximate surface area is 172 Å². The van der Waals surface area contributed by atoms with Crippen molar-refractivity contribution in [1.82, 2.24) is 15.1 Å². The Hall–Kier alpha value is -1.38. The minimum atomic E-state index is -0.329. The average molecular weight is 419 g/mol. The molecule has 2 amide bonds. The summed E-state index contributed by atoms with van der Waals surface area (Å²) in [6.45, 7) is 5.08. The summed E-state index contributed by atoms with van der Waals surface area (Å²) in [5.41, 5.74) is 1.62. The summed E-state index contributed by atoms with van der Waals surface area (Å²) in [5, 5.41) is 6.03. The van der Waals surface area contributed by atoms with E-state index in [0.717, 1.165) is 31.7 Å². The van der Waals surface area contributed by atoms with Crippen LogP contribution < -0.4 is 10.6 Å². The first kappa shape index (κ1) is 23.7. The molecule has 0 aliphatic carbocycles. The molecule has 2 aliphatic heterocycles. The molecule has 2 heterocycles. The Morgan fingerprint density at radius 2 is 1.96 bits per heavy atom. The molecule has 9 heteroatoms. The fourth-order valence-electron chi connectivity index (χ4n) is 3.06. The van der Waals surface area contributed by atoms with Gasteiger partial charge in [0.15, 0.2) is 0 Å². The maximum atomic E-state index is 12.4. The highest BCUT2D eigenvalue weighted by atomic mass is 35.5. The van der Waals surface area contributed by atoms with E-state index in [0.29, 0.717) is 31.9 Å². The Morgan fingerprint density at radius 1 is 1.22 bits per heavy atom. The highest BCUT2D eigenvalue weighted by molar-refractivity contribution is 5.95. The largest absolute Gasteiger partial charge is 0.378 e. The van der Waals surface area contributed by atoms with Gasteiger partial charge in [-0.2, -0.15) is 0 Å². The van der Waals surface area contributed by atoms with Crippen LogP contribution in [0.3, 0.4) is 0 Å². The van der Waals surface area contributed by atoms with Gasteiger partial charge in [0.1, 0.15) is 6.04 Å². The number of ether oxygens (including phenoxy) is 1. The minimum Gasteiger partial charge on any atom is -0.378 e. The molecule has 27 heavy (non-hydrogen) atoms. The third-order valence-corrected chi connectivity index (χ3v) is 4.64. The van der Waals surface area contributed by atoms with Gasteiger partial charge in [0.2, 0.25) is 11.8 Å². The number of anilines is 1. The molecule has 1 unspecified atom stereocenters. The van der Waals surface area contributed by atoms with Crippen molar-refractivity contribution in [3.05, 3.63) is 29.8 Å². The van der Waals surface area contributed by atoms with Gasteiger partial charge in [0, 0.05) is 38.4 Å². The zero-order chi connectivity index (χ0) is 17.6. The van der Waals surface area contributed by atoms with Crippen LogP contribution >= 0.6 is 24.8 Å². The predicted octanol–water partition coefficient (Wildman–Crippen LogP) is 0.774. The van der Waals surface area contributed by atoms with Gasteiger partial charge >= 0.3 is 0 Å². The summed E-state index contributed by atoms with van der Waals surface area (Å²) < 4.78 is 5.32. The van der Waals surface area contributed by atoms with Crippen LogP contribution in [0.25, 0.3) is 0 Å². The van der Waals surface area contributed by atoms with Gasteiger partial charge in [-0.25, -0.2) is 0 Å². The molecule has 1 aromatic carbocycles. The third-order valence-electron chi connectivity index (χ3n) is 4.64. The number of carbonyl (C=O) groups is 2. The second kappa shape index (κ2) is 11.5. The molecule has 3 rings (SSSR count). The molecule has 2 fully saturated rings. The molecule has 1 atom stereocenters. The van der Waals surface area contributed by atoms with Crippen LogP contribution in [0.4, 0.5) is 5.69 Å². The molecule has 2 saturated heterocycles. The molecular formula is C18H28Cl2N4O3. The summed E-state index contributed by atoms with van der Waals surface area (Å²) in [6.07, 6.45) is 0.359. The Bertz CT molecular complexity index is 618. The second-order valence-corrected chi connectivity index (χ2v) is 6.63. The van der Waals surface area contributed by atoms with Crippen LogP contribution in [0, 0.1) is 0 Å². The van der Waals surface area contributed by atoms with Crippen molar-refractivity contribution >= 4 is 42.3 Å². The number of nitrogens with one attached hydrogen (secondary N) is 2. The lowest BCUT2D eigenvalue weighted by Crippen LogP contribution is -2.48. The van der Waals surface area contributed by atoms with Crippen molar-refractivity contribution in [2.24, 2.45) is 0 Å². The van der Waals surface area contributed by atoms with Gasteiger partial charge in [-0.15, -0.1) is 24.8 Å². The number of carbonyl (C=O) groups excluding carboxylic acids is 2. The van der Waals surface area contributed by atoms with Crippen molar-refractivity contribution in [1.29, 1.82) is 0 Å². The lowest BCUT2D eigenvalue weighted by atomic mass is 10.1.